The zero-order valence-electron chi connectivity index (χ0n) is 14.8. The van der Waals surface area contributed by atoms with Gasteiger partial charge in [-0.3, -0.25) is 9.58 Å². The van der Waals surface area contributed by atoms with Crippen LogP contribution in [0.5, 0.6) is 5.75 Å². The molecule has 0 spiro atoms. The van der Waals surface area contributed by atoms with Crippen molar-refractivity contribution in [2.75, 3.05) is 44.7 Å². The minimum Gasteiger partial charge on any atom is -0.497 e. The first kappa shape index (κ1) is 16.8. The predicted molar refractivity (Wildman–Crippen MR) is 97.8 cm³/mol. The summed E-state index contributed by atoms with van der Waals surface area (Å²) in [5.74, 6) is 0.934. The van der Waals surface area contributed by atoms with Gasteiger partial charge in [-0.2, -0.15) is 5.10 Å². The summed E-state index contributed by atoms with van der Waals surface area (Å²) in [6.45, 7) is 8.78. The minimum absolute atomic E-state index is 0.934. The number of rotatable bonds is 7. The SMILES string of the molecule is COc1cccc(N2CCN(CCCCn3nccc3C)CC2)c1. The highest BCUT2D eigenvalue weighted by Crippen LogP contribution is 2.22. The van der Waals surface area contributed by atoms with Gasteiger partial charge < -0.3 is 9.64 Å². The quantitative estimate of drug-likeness (QED) is 0.732. The number of benzene rings is 1. The first-order chi connectivity index (χ1) is 11.8. The minimum atomic E-state index is 0.934. The number of hydrogen-bond donors (Lipinski definition) is 0. The van der Waals surface area contributed by atoms with Crippen LogP contribution in [0.25, 0.3) is 0 Å². The summed E-state index contributed by atoms with van der Waals surface area (Å²) in [5, 5.41) is 4.34. The molecule has 1 aliphatic heterocycles. The molecule has 24 heavy (non-hydrogen) atoms. The first-order valence-electron chi connectivity index (χ1n) is 8.86. The Hall–Kier alpha value is -2.01. The van der Waals surface area contributed by atoms with Gasteiger partial charge in [0.1, 0.15) is 5.75 Å². The third kappa shape index (κ3) is 4.29. The summed E-state index contributed by atoms with van der Waals surface area (Å²) in [6.07, 6.45) is 4.31. The van der Waals surface area contributed by atoms with Crippen LogP contribution in [0.2, 0.25) is 0 Å². The lowest BCUT2D eigenvalue weighted by molar-refractivity contribution is 0.250. The summed E-state index contributed by atoms with van der Waals surface area (Å²) in [5.41, 5.74) is 2.52. The Kier molecular flexibility index (Phi) is 5.75. The summed E-state index contributed by atoms with van der Waals surface area (Å²) in [7, 11) is 1.72. The Balaban J connectivity index is 1.38. The highest BCUT2D eigenvalue weighted by molar-refractivity contribution is 5.51. The van der Waals surface area contributed by atoms with Crippen LogP contribution in [-0.2, 0) is 6.54 Å². The van der Waals surface area contributed by atoms with Crippen molar-refractivity contribution in [2.24, 2.45) is 0 Å². The fourth-order valence-electron chi connectivity index (χ4n) is 3.27. The second-order valence-corrected chi connectivity index (χ2v) is 6.43. The highest BCUT2D eigenvalue weighted by Gasteiger charge is 2.17. The number of ether oxygens (including phenoxy) is 1. The van der Waals surface area contributed by atoms with Crippen molar-refractivity contribution in [3.63, 3.8) is 0 Å². The van der Waals surface area contributed by atoms with Crippen molar-refractivity contribution in [1.29, 1.82) is 0 Å². The molecule has 5 heteroatoms. The molecule has 1 saturated heterocycles. The molecule has 0 saturated carbocycles. The molecule has 0 N–H and O–H groups in total. The fourth-order valence-corrected chi connectivity index (χ4v) is 3.27. The van der Waals surface area contributed by atoms with E-state index in [-0.39, 0.29) is 0 Å². The Morgan fingerprint density at radius 3 is 2.54 bits per heavy atom. The van der Waals surface area contributed by atoms with E-state index >= 15 is 0 Å². The van der Waals surface area contributed by atoms with E-state index in [0.717, 1.165) is 38.5 Å². The lowest BCUT2D eigenvalue weighted by Gasteiger charge is -2.36. The maximum absolute atomic E-state index is 5.33. The van der Waals surface area contributed by atoms with Crippen LogP contribution in [0, 0.1) is 6.92 Å². The molecule has 1 aromatic carbocycles. The van der Waals surface area contributed by atoms with Crippen molar-refractivity contribution < 1.29 is 4.74 Å². The largest absolute Gasteiger partial charge is 0.497 e. The molecule has 0 radical (unpaired) electrons. The van der Waals surface area contributed by atoms with Crippen LogP contribution in [0.4, 0.5) is 5.69 Å². The maximum atomic E-state index is 5.33. The number of aryl methyl sites for hydroxylation is 2. The average molecular weight is 328 g/mol. The normalized spacial score (nSPS) is 15.7. The molecule has 0 amide bonds. The number of methoxy groups -OCH3 is 1. The third-order valence-corrected chi connectivity index (χ3v) is 4.81. The second-order valence-electron chi connectivity index (χ2n) is 6.43. The first-order valence-corrected chi connectivity index (χ1v) is 8.86. The zero-order valence-corrected chi connectivity index (χ0v) is 14.8. The van der Waals surface area contributed by atoms with Crippen LogP contribution in [-0.4, -0.2) is 54.5 Å². The predicted octanol–water partition coefficient (Wildman–Crippen LogP) is 2.80. The van der Waals surface area contributed by atoms with Gasteiger partial charge in [-0.05, 0) is 44.5 Å². The zero-order chi connectivity index (χ0) is 16.8. The molecule has 1 aromatic heterocycles. The van der Waals surface area contributed by atoms with Gasteiger partial charge in [0.2, 0.25) is 0 Å². The molecule has 2 heterocycles. The molecule has 1 aliphatic rings. The lowest BCUT2D eigenvalue weighted by atomic mass is 10.2. The van der Waals surface area contributed by atoms with Gasteiger partial charge in [-0.15, -0.1) is 0 Å². The van der Waals surface area contributed by atoms with E-state index in [0.29, 0.717) is 0 Å². The van der Waals surface area contributed by atoms with E-state index in [1.807, 2.05) is 12.3 Å². The van der Waals surface area contributed by atoms with Gasteiger partial charge in [0.25, 0.3) is 0 Å². The number of hydrogen-bond acceptors (Lipinski definition) is 4. The average Bonchev–Trinajstić information content (AvgIpc) is 3.04. The van der Waals surface area contributed by atoms with Crippen molar-refractivity contribution in [1.82, 2.24) is 14.7 Å². The number of anilines is 1. The monoisotopic (exact) mass is 328 g/mol. The van der Waals surface area contributed by atoms with E-state index in [1.165, 1.54) is 30.8 Å². The van der Waals surface area contributed by atoms with E-state index in [2.05, 4.69) is 50.8 Å². The Morgan fingerprint density at radius 1 is 1.04 bits per heavy atom. The second kappa shape index (κ2) is 8.20. The standard InChI is InChI=1S/C19H28N4O/c1-17-8-9-20-23(17)11-4-3-10-21-12-14-22(15-13-21)18-6-5-7-19(16-18)24-2/h5-9,16H,3-4,10-15H2,1-2H3. The topological polar surface area (TPSA) is 33.5 Å². The van der Waals surface area contributed by atoms with Gasteiger partial charge in [0.15, 0.2) is 0 Å². The van der Waals surface area contributed by atoms with Gasteiger partial charge in [0.05, 0.1) is 7.11 Å². The van der Waals surface area contributed by atoms with Gasteiger partial charge in [-0.1, -0.05) is 6.07 Å². The highest BCUT2D eigenvalue weighted by atomic mass is 16.5. The maximum Gasteiger partial charge on any atom is 0.120 e. The number of piperazine rings is 1. The van der Waals surface area contributed by atoms with Crippen LogP contribution < -0.4 is 9.64 Å². The van der Waals surface area contributed by atoms with Crippen LogP contribution in [0.3, 0.4) is 0 Å². The molecule has 5 nitrogen and oxygen atoms in total. The van der Waals surface area contributed by atoms with Crippen molar-refractivity contribution >= 4 is 5.69 Å². The molecular weight excluding hydrogens is 300 g/mol. The van der Waals surface area contributed by atoms with Crippen molar-refractivity contribution in [3.05, 3.63) is 42.2 Å². The number of aromatic nitrogens is 2. The summed E-state index contributed by atoms with van der Waals surface area (Å²) in [6, 6.07) is 10.4. The number of nitrogens with zero attached hydrogens (tertiary/aromatic N) is 4. The smallest absolute Gasteiger partial charge is 0.120 e. The molecule has 0 unspecified atom stereocenters. The summed E-state index contributed by atoms with van der Waals surface area (Å²) >= 11 is 0. The van der Waals surface area contributed by atoms with Gasteiger partial charge in [-0.25, -0.2) is 0 Å². The van der Waals surface area contributed by atoms with Crippen LogP contribution in [0.1, 0.15) is 18.5 Å². The molecular formula is C19H28N4O. The molecule has 0 aliphatic carbocycles. The molecule has 130 valence electrons. The number of unbranched alkanes of at least 4 members (excludes halogenated alkanes) is 1. The molecule has 3 rings (SSSR count). The van der Waals surface area contributed by atoms with Crippen LogP contribution in [0.15, 0.2) is 36.5 Å². The van der Waals surface area contributed by atoms with Crippen molar-refractivity contribution in [2.45, 2.75) is 26.3 Å². The van der Waals surface area contributed by atoms with Gasteiger partial charge >= 0.3 is 0 Å². The fraction of sp³-hybridized carbons (Fsp3) is 0.526. The molecule has 0 atom stereocenters. The molecule has 2 aromatic rings. The van der Waals surface area contributed by atoms with Crippen LogP contribution >= 0.6 is 0 Å². The van der Waals surface area contributed by atoms with E-state index in [4.69, 9.17) is 4.74 Å². The molecule has 0 bridgehead atoms. The Morgan fingerprint density at radius 2 is 1.83 bits per heavy atom. The Labute approximate surface area is 144 Å². The summed E-state index contributed by atoms with van der Waals surface area (Å²) in [4.78, 5) is 5.03. The Bertz CT molecular complexity index is 632. The lowest BCUT2D eigenvalue weighted by Crippen LogP contribution is -2.46. The van der Waals surface area contributed by atoms with Gasteiger partial charge in [0, 0.05) is 56.4 Å². The van der Waals surface area contributed by atoms with Crippen molar-refractivity contribution in [3.8, 4) is 5.75 Å². The van der Waals surface area contributed by atoms with E-state index in [9.17, 15) is 0 Å². The van der Waals surface area contributed by atoms with E-state index in [1.54, 1.807) is 7.11 Å². The van der Waals surface area contributed by atoms with E-state index < -0.39 is 0 Å². The molecule has 1 fully saturated rings. The summed E-state index contributed by atoms with van der Waals surface area (Å²) < 4.78 is 7.43. The third-order valence-electron chi connectivity index (χ3n) is 4.81.